The van der Waals surface area contributed by atoms with Gasteiger partial charge in [-0.3, -0.25) is 0 Å². The summed E-state index contributed by atoms with van der Waals surface area (Å²) in [5.41, 5.74) is 0. The average molecular weight is 287 g/mol. The van der Waals surface area contributed by atoms with E-state index >= 15 is 0 Å². The summed E-state index contributed by atoms with van der Waals surface area (Å²) in [6, 6.07) is 8.45. The predicted octanol–water partition coefficient (Wildman–Crippen LogP) is 2.09. The molecule has 0 atom stereocenters. The molecule has 0 fully saturated rings. The summed E-state index contributed by atoms with van der Waals surface area (Å²) < 4.78 is 27.1. The molecule has 19 heavy (non-hydrogen) atoms. The molecule has 0 aliphatic rings. The van der Waals surface area contributed by atoms with Gasteiger partial charge in [0, 0.05) is 13.0 Å². The lowest BCUT2D eigenvalue weighted by molar-refractivity contribution is -0.870. The zero-order chi connectivity index (χ0) is 14.9. The van der Waals surface area contributed by atoms with E-state index < -0.39 is 10.0 Å². The summed E-state index contributed by atoms with van der Waals surface area (Å²) in [4.78, 5) is 0.324. The van der Waals surface area contributed by atoms with Crippen LogP contribution in [0.3, 0.4) is 0 Å². The van der Waals surface area contributed by atoms with Crippen LogP contribution < -0.4 is 4.72 Å². The first-order valence-corrected chi connectivity index (χ1v) is 8.15. The second-order valence-electron chi connectivity index (χ2n) is 5.08. The fourth-order valence-corrected chi connectivity index (χ4v) is 2.54. The fraction of sp³-hybridized carbons (Fsp3) is 0.571. The van der Waals surface area contributed by atoms with Gasteiger partial charge in [-0.15, -0.1) is 0 Å². The van der Waals surface area contributed by atoms with Crippen LogP contribution in [0.1, 0.15) is 20.3 Å². The van der Waals surface area contributed by atoms with Crippen molar-refractivity contribution < 1.29 is 12.9 Å². The van der Waals surface area contributed by atoms with Crippen molar-refractivity contribution in [1.29, 1.82) is 0 Å². The van der Waals surface area contributed by atoms with E-state index in [0.717, 1.165) is 17.4 Å². The van der Waals surface area contributed by atoms with E-state index in [2.05, 4.69) is 25.9 Å². The second-order valence-corrected chi connectivity index (χ2v) is 6.85. The first kappa shape index (κ1) is 18.1. The number of sulfonamides is 1. The maximum atomic E-state index is 11.8. The SMILES string of the molecule is CC.C[N+](C)(C)CCCNS(=O)(=O)c1ccccc1. The third-order valence-corrected chi connectivity index (χ3v) is 3.83. The van der Waals surface area contributed by atoms with Gasteiger partial charge in [0.2, 0.25) is 10.0 Å². The molecule has 0 saturated heterocycles. The Morgan fingerprint density at radius 1 is 1.05 bits per heavy atom. The van der Waals surface area contributed by atoms with Crippen molar-refractivity contribution in [3.63, 3.8) is 0 Å². The van der Waals surface area contributed by atoms with Gasteiger partial charge in [-0.2, -0.15) is 0 Å². The van der Waals surface area contributed by atoms with Crippen molar-refractivity contribution in [2.45, 2.75) is 25.2 Å². The molecule has 4 nitrogen and oxygen atoms in total. The summed E-state index contributed by atoms with van der Waals surface area (Å²) in [5, 5.41) is 0. The number of hydrogen-bond donors (Lipinski definition) is 1. The molecule has 1 aromatic rings. The van der Waals surface area contributed by atoms with E-state index in [1.165, 1.54) is 0 Å². The molecule has 1 N–H and O–H groups in total. The fourth-order valence-electron chi connectivity index (χ4n) is 1.44. The highest BCUT2D eigenvalue weighted by Crippen LogP contribution is 2.06. The Morgan fingerprint density at radius 3 is 2.05 bits per heavy atom. The zero-order valence-electron chi connectivity index (χ0n) is 12.7. The van der Waals surface area contributed by atoms with Crippen LogP contribution in [0.2, 0.25) is 0 Å². The molecule has 0 spiro atoms. The summed E-state index contributed by atoms with van der Waals surface area (Å²) in [6.07, 6.45) is 0.829. The van der Waals surface area contributed by atoms with Crippen LogP contribution in [-0.4, -0.2) is 47.1 Å². The van der Waals surface area contributed by atoms with Crippen molar-refractivity contribution in [2.75, 3.05) is 34.2 Å². The smallest absolute Gasteiger partial charge is 0.240 e. The van der Waals surface area contributed by atoms with E-state index in [0.29, 0.717) is 11.4 Å². The largest absolute Gasteiger partial charge is 0.331 e. The Hall–Kier alpha value is -0.910. The number of benzene rings is 1. The van der Waals surface area contributed by atoms with E-state index in [1.807, 2.05) is 13.8 Å². The summed E-state index contributed by atoms with van der Waals surface area (Å²) in [6.45, 7) is 5.42. The Labute approximate surface area is 118 Å². The zero-order valence-corrected chi connectivity index (χ0v) is 13.5. The first-order chi connectivity index (χ1) is 8.81. The molecule has 0 unspecified atom stereocenters. The minimum absolute atomic E-state index is 0.324. The Bertz CT molecular complexity index is 436. The number of nitrogens with zero attached hydrogens (tertiary/aromatic N) is 1. The molecule has 0 aliphatic carbocycles. The quantitative estimate of drug-likeness (QED) is 0.643. The Kier molecular flexibility index (Phi) is 7.90. The highest BCUT2D eigenvalue weighted by Gasteiger charge is 2.13. The van der Waals surface area contributed by atoms with Crippen molar-refractivity contribution in [2.24, 2.45) is 0 Å². The van der Waals surface area contributed by atoms with Crippen molar-refractivity contribution in [1.82, 2.24) is 4.72 Å². The lowest BCUT2D eigenvalue weighted by Crippen LogP contribution is -2.37. The third-order valence-electron chi connectivity index (χ3n) is 2.35. The van der Waals surface area contributed by atoms with Gasteiger partial charge in [-0.25, -0.2) is 13.1 Å². The molecule has 1 aromatic carbocycles. The number of quaternary nitrogens is 1. The predicted molar refractivity (Wildman–Crippen MR) is 80.5 cm³/mol. The number of nitrogens with one attached hydrogen (secondary N) is 1. The number of hydrogen-bond acceptors (Lipinski definition) is 2. The topological polar surface area (TPSA) is 46.2 Å². The van der Waals surface area contributed by atoms with Crippen LogP contribution >= 0.6 is 0 Å². The van der Waals surface area contributed by atoms with Gasteiger partial charge in [0.1, 0.15) is 0 Å². The van der Waals surface area contributed by atoms with Crippen molar-refractivity contribution in [3.05, 3.63) is 30.3 Å². The van der Waals surface area contributed by atoms with Crippen LogP contribution in [0.15, 0.2) is 35.2 Å². The van der Waals surface area contributed by atoms with E-state index in [-0.39, 0.29) is 0 Å². The van der Waals surface area contributed by atoms with Gasteiger partial charge < -0.3 is 4.48 Å². The van der Waals surface area contributed by atoms with Crippen LogP contribution in [0.4, 0.5) is 0 Å². The maximum Gasteiger partial charge on any atom is 0.240 e. The van der Waals surface area contributed by atoms with E-state index in [4.69, 9.17) is 0 Å². The van der Waals surface area contributed by atoms with E-state index in [1.54, 1.807) is 30.3 Å². The Balaban J connectivity index is 0.00000154. The molecule has 0 saturated carbocycles. The molecular weight excluding hydrogens is 260 g/mol. The summed E-state index contributed by atoms with van der Waals surface area (Å²) in [5.74, 6) is 0. The normalized spacial score (nSPS) is 11.6. The van der Waals surface area contributed by atoms with Gasteiger partial charge in [-0.1, -0.05) is 32.0 Å². The molecule has 5 heteroatoms. The van der Waals surface area contributed by atoms with Gasteiger partial charge in [0.25, 0.3) is 0 Å². The first-order valence-electron chi connectivity index (χ1n) is 6.66. The van der Waals surface area contributed by atoms with Gasteiger partial charge in [0.05, 0.1) is 32.6 Å². The van der Waals surface area contributed by atoms with Gasteiger partial charge in [-0.05, 0) is 12.1 Å². The molecule has 0 bridgehead atoms. The summed E-state index contributed by atoms with van der Waals surface area (Å²) in [7, 11) is 2.93. The van der Waals surface area contributed by atoms with Crippen molar-refractivity contribution >= 4 is 10.0 Å². The van der Waals surface area contributed by atoms with Crippen LogP contribution in [0.25, 0.3) is 0 Å². The summed E-state index contributed by atoms with van der Waals surface area (Å²) >= 11 is 0. The standard InChI is InChI=1S/C12H21N2O2S.C2H6/c1-14(2,3)11-7-10-13-17(15,16)12-8-5-4-6-9-12;1-2/h4-6,8-9,13H,7,10-11H2,1-3H3;1-2H3/q+1;. The average Bonchev–Trinajstić information content (AvgIpc) is 2.37. The van der Waals surface area contributed by atoms with Gasteiger partial charge >= 0.3 is 0 Å². The van der Waals surface area contributed by atoms with Crippen molar-refractivity contribution in [3.8, 4) is 0 Å². The Morgan fingerprint density at radius 2 is 1.58 bits per heavy atom. The molecule has 0 heterocycles. The molecule has 1 rings (SSSR count). The second kappa shape index (κ2) is 8.30. The molecular formula is C14H27N2O2S+. The lowest BCUT2D eigenvalue weighted by atomic mass is 10.4. The molecule has 110 valence electrons. The van der Waals surface area contributed by atoms with Crippen LogP contribution in [0.5, 0.6) is 0 Å². The highest BCUT2D eigenvalue weighted by molar-refractivity contribution is 7.89. The minimum Gasteiger partial charge on any atom is -0.331 e. The monoisotopic (exact) mass is 287 g/mol. The highest BCUT2D eigenvalue weighted by atomic mass is 32.2. The maximum absolute atomic E-state index is 11.8. The lowest BCUT2D eigenvalue weighted by Gasteiger charge is -2.23. The van der Waals surface area contributed by atoms with Gasteiger partial charge in [0.15, 0.2) is 0 Å². The third kappa shape index (κ3) is 7.97. The minimum atomic E-state index is -3.33. The van der Waals surface area contributed by atoms with Crippen LogP contribution in [0, 0.1) is 0 Å². The number of rotatable bonds is 6. The molecule has 0 amide bonds. The molecule has 0 aromatic heterocycles. The molecule has 0 radical (unpaired) electrons. The molecule has 0 aliphatic heterocycles. The van der Waals surface area contributed by atoms with E-state index in [9.17, 15) is 8.42 Å². The van der Waals surface area contributed by atoms with Crippen LogP contribution in [-0.2, 0) is 10.0 Å².